The molecule has 2 nitrogen and oxygen atoms in total. The lowest BCUT2D eigenvalue weighted by Gasteiger charge is -2.09. The van der Waals surface area contributed by atoms with Gasteiger partial charge in [-0.2, -0.15) is 0 Å². The van der Waals surface area contributed by atoms with Gasteiger partial charge in [-0.1, -0.05) is 36.4 Å². The molecule has 0 aliphatic heterocycles. The number of nitrogens with two attached hydrogens (primary N) is 2. The third-order valence-corrected chi connectivity index (χ3v) is 2.56. The molecule has 2 rings (SSSR count). The number of hydrogen-bond acceptors (Lipinski definition) is 2. The Hall–Kier alpha value is -1.38. The van der Waals surface area contributed by atoms with E-state index in [2.05, 4.69) is 24.3 Å². The van der Waals surface area contributed by atoms with Gasteiger partial charge in [-0.3, -0.25) is 0 Å². The minimum absolute atomic E-state index is 0.549. The highest BCUT2D eigenvalue weighted by molar-refractivity contribution is 5.86. The van der Waals surface area contributed by atoms with Crippen molar-refractivity contribution in [1.29, 1.82) is 0 Å². The average Bonchev–Trinajstić information content (AvgIpc) is 2.27. The van der Waals surface area contributed by atoms with E-state index < -0.39 is 0 Å². The van der Waals surface area contributed by atoms with Crippen LogP contribution in [0.15, 0.2) is 36.4 Å². The van der Waals surface area contributed by atoms with Crippen molar-refractivity contribution in [2.24, 2.45) is 11.5 Å². The van der Waals surface area contributed by atoms with Gasteiger partial charge < -0.3 is 11.5 Å². The molecule has 0 atom stereocenters. The molecule has 0 radical (unpaired) electrons. The quantitative estimate of drug-likeness (QED) is 0.750. The van der Waals surface area contributed by atoms with E-state index in [-0.39, 0.29) is 0 Å². The maximum atomic E-state index is 5.74. The zero-order chi connectivity index (χ0) is 9.97. The third kappa shape index (κ3) is 1.39. The second-order valence-electron chi connectivity index (χ2n) is 3.33. The van der Waals surface area contributed by atoms with Crippen molar-refractivity contribution in [3.05, 3.63) is 47.5 Å². The molecule has 0 unspecified atom stereocenters. The highest BCUT2D eigenvalue weighted by Gasteiger charge is 2.03. The molecule has 0 aromatic heterocycles. The highest BCUT2D eigenvalue weighted by atomic mass is 14.6. The Morgan fingerprint density at radius 3 is 2.36 bits per heavy atom. The van der Waals surface area contributed by atoms with Crippen LogP contribution < -0.4 is 11.5 Å². The summed E-state index contributed by atoms with van der Waals surface area (Å²) in [6.07, 6.45) is 0. The normalized spacial score (nSPS) is 10.7. The van der Waals surface area contributed by atoms with E-state index >= 15 is 0 Å². The van der Waals surface area contributed by atoms with Crippen LogP contribution in [0, 0.1) is 0 Å². The fourth-order valence-corrected chi connectivity index (χ4v) is 1.81. The van der Waals surface area contributed by atoms with E-state index in [0.717, 1.165) is 5.56 Å². The lowest BCUT2D eigenvalue weighted by molar-refractivity contribution is 0.992. The highest BCUT2D eigenvalue weighted by Crippen LogP contribution is 2.21. The summed E-state index contributed by atoms with van der Waals surface area (Å²) in [5, 5.41) is 2.45. The number of rotatable bonds is 2. The minimum Gasteiger partial charge on any atom is -0.326 e. The molecule has 0 aliphatic rings. The molecular weight excluding hydrogens is 172 g/mol. The zero-order valence-corrected chi connectivity index (χ0v) is 8.03. The Kier molecular flexibility index (Phi) is 2.48. The Morgan fingerprint density at radius 1 is 0.857 bits per heavy atom. The smallest absolute Gasteiger partial charge is 0.0187 e. The second kappa shape index (κ2) is 3.78. The van der Waals surface area contributed by atoms with Crippen LogP contribution in [0.1, 0.15) is 11.1 Å². The van der Waals surface area contributed by atoms with Crippen LogP contribution in [0.2, 0.25) is 0 Å². The van der Waals surface area contributed by atoms with Crippen LogP contribution in [0.4, 0.5) is 0 Å². The lowest BCUT2D eigenvalue weighted by atomic mass is 9.99. The van der Waals surface area contributed by atoms with Gasteiger partial charge in [0.05, 0.1) is 0 Å². The van der Waals surface area contributed by atoms with Gasteiger partial charge >= 0.3 is 0 Å². The van der Waals surface area contributed by atoms with Gasteiger partial charge in [-0.25, -0.2) is 0 Å². The van der Waals surface area contributed by atoms with E-state index in [1.54, 1.807) is 0 Å². The van der Waals surface area contributed by atoms with Crippen molar-refractivity contribution in [3.63, 3.8) is 0 Å². The summed E-state index contributed by atoms with van der Waals surface area (Å²) in [4.78, 5) is 0. The first-order chi connectivity index (χ1) is 6.86. The molecule has 0 saturated heterocycles. The Balaban J connectivity index is 2.77. The van der Waals surface area contributed by atoms with E-state index in [0.29, 0.717) is 13.1 Å². The third-order valence-electron chi connectivity index (χ3n) is 2.56. The van der Waals surface area contributed by atoms with Crippen LogP contribution in [-0.4, -0.2) is 0 Å². The summed E-state index contributed by atoms with van der Waals surface area (Å²) >= 11 is 0. The summed E-state index contributed by atoms with van der Waals surface area (Å²) in [7, 11) is 0. The van der Waals surface area contributed by atoms with Crippen molar-refractivity contribution in [2.45, 2.75) is 13.1 Å². The molecule has 2 aromatic rings. The minimum atomic E-state index is 0.549. The fraction of sp³-hybridized carbons (Fsp3) is 0.167. The molecule has 0 spiro atoms. The van der Waals surface area contributed by atoms with Gasteiger partial charge in [0, 0.05) is 13.1 Å². The predicted octanol–water partition coefficient (Wildman–Crippen LogP) is 1.76. The van der Waals surface area contributed by atoms with Crippen molar-refractivity contribution in [1.82, 2.24) is 0 Å². The first-order valence-electron chi connectivity index (χ1n) is 4.76. The van der Waals surface area contributed by atoms with Crippen molar-refractivity contribution < 1.29 is 0 Å². The van der Waals surface area contributed by atoms with Crippen LogP contribution >= 0.6 is 0 Å². The van der Waals surface area contributed by atoms with Crippen molar-refractivity contribution in [2.75, 3.05) is 0 Å². The molecule has 14 heavy (non-hydrogen) atoms. The topological polar surface area (TPSA) is 52.0 Å². The molecule has 0 bridgehead atoms. The lowest BCUT2D eigenvalue weighted by Crippen LogP contribution is -2.06. The second-order valence-corrected chi connectivity index (χ2v) is 3.33. The Bertz CT molecular complexity index is 449. The predicted molar refractivity (Wildman–Crippen MR) is 59.7 cm³/mol. The molecule has 2 heteroatoms. The van der Waals surface area contributed by atoms with Gasteiger partial charge in [-0.05, 0) is 21.9 Å². The first-order valence-corrected chi connectivity index (χ1v) is 4.76. The summed E-state index contributed by atoms with van der Waals surface area (Å²) in [5.74, 6) is 0. The number of fused-ring (bicyclic) bond motifs is 1. The SMILES string of the molecule is NCc1ccc2ccccc2c1CN. The van der Waals surface area contributed by atoms with Gasteiger partial charge in [-0.15, -0.1) is 0 Å². The molecule has 0 heterocycles. The molecule has 4 N–H and O–H groups in total. The van der Waals surface area contributed by atoms with Crippen LogP contribution in [-0.2, 0) is 13.1 Å². The Morgan fingerprint density at radius 2 is 1.64 bits per heavy atom. The molecule has 0 aliphatic carbocycles. The van der Waals surface area contributed by atoms with Gasteiger partial charge in [0.15, 0.2) is 0 Å². The molecule has 0 saturated carbocycles. The van der Waals surface area contributed by atoms with E-state index in [1.807, 2.05) is 12.1 Å². The van der Waals surface area contributed by atoms with E-state index in [9.17, 15) is 0 Å². The monoisotopic (exact) mass is 186 g/mol. The molecule has 0 amide bonds. The number of benzene rings is 2. The molecule has 0 fully saturated rings. The van der Waals surface area contributed by atoms with Gasteiger partial charge in [0.2, 0.25) is 0 Å². The molecular formula is C12H14N2. The van der Waals surface area contributed by atoms with Gasteiger partial charge in [0.1, 0.15) is 0 Å². The van der Waals surface area contributed by atoms with Crippen LogP contribution in [0.25, 0.3) is 10.8 Å². The summed E-state index contributed by atoms with van der Waals surface area (Å²) in [6.45, 7) is 1.10. The van der Waals surface area contributed by atoms with Gasteiger partial charge in [0.25, 0.3) is 0 Å². The fourth-order valence-electron chi connectivity index (χ4n) is 1.81. The standard InChI is InChI=1S/C12H14N2/c13-7-10-6-5-9-3-1-2-4-11(9)12(10)8-14/h1-6H,7-8,13-14H2. The summed E-state index contributed by atoms with van der Waals surface area (Å²) in [5.41, 5.74) is 13.7. The average molecular weight is 186 g/mol. The largest absolute Gasteiger partial charge is 0.326 e. The maximum absolute atomic E-state index is 5.74. The summed E-state index contributed by atoms with van der Waals surface area (Å²) in [6, 6.07) is 12.4. The van der Waals surface area contributed by atoms with Crippen LogP contribution in [0.5, 0.6) is 0 Å². The summed E-state index contributed by atoms with van der Waals surface area (Å²) < 4.78 is 0. The molecule has 72 valence electrons. The number of hydrogen-bond donors (Lipinski definition) is 2. The first kappa shape index (κ1) is 9.19. The van der Waals surface area contributed by atoms with Crippen molar-refractivity contribution in [3.8, 4) is 0 Å². The Labute approximate surface area is 83.5 Å². The van der Waals surface area contributed by atoms with E-state index in [4.69, 9.17) is 11.5 Å². The molecule has 2 aromatic carbocycles. The zero-order valence-electron chi connectivity index (χ0n) is 8.03. The van der Waals surface area contributed by atoms with Crippen LogP contribution in [0.3, 0.4) is 0 Å². The van der Waals surface area contributed by atoms with Crippen molar-refractivity contribution >= 4 is 10.8 Å². The maximum Gasteiger partial charge on any atom is 0.0187 e. The van der Waals surface area contributed by atoms with E-state index in [1.165, 1.54) is 16.3 Å².